The second kappa shape index (κ2) is 3.65. The van der Waals surface area contributed by atoms with Crippen LogP contribution in [0.25, 0.3) is 0 Å². The van der Waals surface area contributed by atoms with E-state index in [1.807, 2.05) is 13.1 Å². The Morgan fingerprint density at radius 2 is 2.21 bits per heavy atom. The van der Waals surface area contributed by atoms with Crippen LogP contribution < -0.4 is 5.32 Å². The van der Waals surface area contributed by atoms with E-state index < -0.39 is 0 Å². The Morgan fingerprint density at radius 3 is 2.71 bits per heavy atom. The molecule has 0 aromatic heterocycles. The van der Waals surface area contributed by atoms with Gasteiger partial charge in [0.1, 0.15) is 0 Å². The molecule has 0 radical (unpaired) electrons. The molecule has 1 aromatic rings. The number of rotatable bonds is 3. The van der Waals surface area contributed by atoms with E-state index in [0.717, 1.165) is 16.1 Å². The molecule has 0 amide bonds. The van der Waals surface area contributed by atoms with Crippen LogP contribution in [0.5, 0.6) is 0 Å². The predicted molar refractivity (Wildman–Crippen MR) is 63.1 cm³/mol. The fraction of sp³-hybridized carbons (Fsp3) is 0.364. The molecule has 1 fully saturated rings. The van der Waals surface area contributed by atoms with Gasteiger partial charge in [0.2, 0.25) is 0 Å². The van der Waals surface area contributed by atoms with Crippen LogP contribution >= 0.6 is 12.6 Å². The van der Waals surface area contributed by atoms with Crippen LogP contribution in [0.15, 0.2) is 17.0 Å². The van der Waals surface area contributed by atoms with Crippen molar-refractivity contribution in [2.45, 2.75) is 23.7 Å². The van der Waals surface area contributed by atoms with Gasteiger partial charge < -0.3 is 10.7 Å². The van der Waals surface area contributed by atoms with Gasteiger partial charge in [0.15, 0.2) is 0 Å². The van der Waals surface area contributed by atoms with Gasteiger partial charge in [-0.2, -0.15) is 0 Å². The first-order chi connectivity index (χ1) is 6.77. The number of benzene rings is 1. The third kappa shape index (κ3) is 1.52. The fourth-order valence-electron chi connectivity index (χ4n) is 1.73. The van der Waals surface area contributed by atoms with Crippen LogP contribution in [-0.4, -0.2) is 13.3 Å². The summed E-state index contributed by atoms with van der Waals surface area (Å²) in [5, 5.41) is 10.4. The van der Waals surface area contributed by atoms with Crippen molar-refractivity contribution in [1.29, 1.82) is 5.41 Å². The second-order valence-corrected chi connectivity index (χ2v) is 4.08. The monoisotopic (exact) mass is 206 g/mol. The highest BCUT2D eigenvalue weighted by atomic mass is 32.1. The van der Waals surface area contributed by atoms with Crippen LogP contribution in [0, 0.1) is 5.41 Å². The molecule has 1 aliphatic carbocycles. The minimum absolute atomic E-state index is 0.703. The van der Waals surface area contributed by atoms with Crippen molar-refractivity contribution in [2.24, 2.45) is 0 Å². The van der Waals surface area contributed by atoms with E-state index in [9.17, 15) is 0 Å². The van der Waals surface area contributed by atoms with Crippen LogP contribution in [0.2, 0.25) is 0 Å². The summed E-state index contributed by atoms with van der Waals surface area (Å²) in [6, 6.07) is 4.09. The summed E-state index contributed by atoms with van der Waals surface area (Å²) in [5.74, 6) is 0.703. The Hall–Kier alpha value is -0.960. The molecule has 0 aliphatic heterocycles. The smallest absolute Gasteiger partial charge is 0.0565 e. The molecular weight excluding hydrogens is 192 g/mol. The van der Waals surface area contributed by atoms with Crippen molar-refractivity contribution in [3.8, 4) is 0 Å². The number of hydrogen-bond donors (Lipinski definition) is 3. The molecule has 0 atom stereocenters. The summed E-state index contributed by atoms with van der Waals surface area (Å²) in [6.07, 6.45) is 3.92. The van der Waals surface area contributed by atoms with Crippen molar-refractivity contribution < 1.29 is 0 Å². The number of nitrogens with one attached hydrogen (secondary N) is 2. The highest BCUT2D eigenvalue weighted by Crippen LogP contribution is 2.44. The van der Waals surface area contributed by atoms with Gasteiger partial charge in [-0.05, 0) is 24.3 Å². The maximum atomic E-state index is 7.28. The zero-order chi connectivity index (χ0) is 10.1. The lowest BCUT2D eigenvalue weighted by molar-refractivity contribution is 1.07. The molecule has 2 N–H and O–H groups in total. The summed E-state index contributed by atoms with van der Waals surface area (Å²) in [4.78, 5) is 1.01. The lowest BCUT2D eigenvalue weighted by Crippen LogP contribution is -1.98. The summed E-state index contributed by atoms with van der Waals surface area (Å²) in [7, 11) is 1.87. The molecule has 2 nitrogen and oxygen atoms in total. The SMILES string of the molecule is CNc1c(C=N)ccc(C2CC2)c1S. The molecule has 0 bridgehead atoms. The minimum Gasteiger partial charge on any atom is -0.387 e. The van der Waals surface area contributed by atoms with Crippen molar-refractivity contribution in [1.82, 2.24) is 0 Å². The van der Waals surface area contributed by atoms with E-state index in [0.29, 0.717) is 5.92 Å². The quantitative estimate of drug-likeness (QED) is 0.516. The Bertz CT molecular complexity index is 370. The largest absolute Gasteiger partial charge is 0.387 e. The second-order valence-electron chi connectivity index (χ2n) is 3.64. The van der Waals surface area contributed by atoms with E-state index in [1.54, 1.807) is 0 Å². The van der Waals surface area contributed by atoms with Crippen molar-refractivity contribution in [3.05, 3.63) is 23.3 Å². The molecule has 3 heteroatoms. The van der Waals surface area contributed by atoms with E-state index in [2.05, 4.69) is 24.0 Å². The van der Waals surface area contributed by atoms with Crippen LogP contribution in [-0.2, 0) is 0 Å². The third-order valence-electron chi connectivity index (χ3n) is 2.66. The molecule has 2 rings (SSSR count). The lowest BCUT2D eigenvalue weighted by atomic mass is 10.1. The molecular formula is C11H14N2S. The molecule has 1 aliphatic rings. The molecule has 0 unspecified atom stereocenters. The number of hydrogen-bond acceptors (Lipinski definition) is 3. The van der Waals surface area contributed by atoms with Gasteiger partial charge in [-0.25, -0.2) is 0 Å². The third-order valence-corrected chi connectivity index (χ3v) is 3.15. The number of anilines is 1. The Balaban J connectivity index is 2.50. The molecule has 0 spiro atoms. The highest BCUT2D eigenvalue weighted by molar-refractivity contribution is 7.80. The first-order valence-electron chi connectivity index (χ1n) is 4.82. The van der Waals surface area contributed by atoms with Crippen molar-refractivity contribution in [3.63, 3.8) is 0 Å². The van der Waals surface area contributed by atoms with E-state index in [4.69, 9.17) is 5.41 Å². The molecule has 0 saturated heterocycles. The Labute approximate surface area is 89.6 Å². The van der Waals surface area contributed by atoms with Crippen LogP contribution in [0.3, 0.4) is 0 Å². The van der Waals surface area contributed by atoms with E-state index in [1.165, 1.54) is 24.6 Å². The van der Waals surface area contributed by atoms with Crippen LogP contribution in [0.1, 0.15) is 29.9 Å². The maximum absolute atomic E-state index is 7.28. The van der Waals surface area contributed by atoms with Gasteiger partial charge in [-0.15, -0.1) is 12.6 Å². The zero-order valence-electron chi connectivity index (χ0n) is 8.17. The summed E-state index contributed by atoms with van der Waals surface area (Å²) < 4.78 is 0. The standard InChI is InChI=1S/C11H14N2S/c1-13-10-8(6-12)4-5-9(11(10)14)7-2-3-7/h4-7,12-14H,2-3H2,1H3. The molecule has 1 aromatic carbocycles. The average molecular weight is 206 g/mol. The zero-order valence-corrected chi connectivity index (χ0v) is 9.07. The molecule has 1 saturated carbocycles. The molecule has 0 heterocycles. The topological polar surface area (TPSA) is 35.9 Å². The summed E-state index contributed by atoms with van der Waals surface area (Å²) >= 11 is 4.53. The average Bonchev–Trinajstić information content (AvgIpc) is 3.00. The first-order valence-corrected chi connectivity index (χ1v) is 5.26. The van der Waals surface area contributed by atoms with Gasteiger partial charge >= 0.3 is 0 Å². The maximum Gasteiger partial charge on any atom is 0.0565 e. The van der Waals surface area contributed by atoms with Crippen LogP contribution in [0.4, 0.5) is 5.69 Å². The Kier molecular flexibility index (Phi) is 2.50. The van der Waals surface area contributed by atoms with E-state index in [-0.39, 0.29) is 0 Å². The van der Waals surface area contributed by atoms with Crippen molar-refractivity contribution >= 4 is 24.5 Å². The molecule has 14 heavy (non-hydrogen) atoms. The molecule has 74 valence electrons. The van der Waals surface area contributed by atoms with E-state index >= 15 is 0 Å². The van der Waals surface area contributed by atoms with Gasteiger partial charge in [-0.1, -0.05) is 12.1 Å². The minimum atomic E-state index is 0.703. The summed E-state index contributed by atoms with van der Waals surface area (Å²) in [6.45, 7) is 0. The normalized spacial score (nSPS) is 15.3. The summed E-state index contributed by atoms with van der Waals surface area (Å²) in [5.41, 5.74) is 3.21. The highest BCUT2D eigenvalue weighted by Gasteiger charge is 2.26. The first kappa shape index (κ1) is 9.59. The van der Waals surface area contributed by atoms with Crippen molar-refractivity contribution in [2.75, 3.05) is 12.4 Å². The lowest BCUT2D eigenvalue weighted by Gasteiger charge is -2.12. The van der Waals surface area contributed by atoms with Gasteiger partial charge in [0, 0.05) is 23.7 Å². The van der Waals surface area contributed by atoms with Gasteiger partial charge in [0.05, 0.1) is 5.69 Å². The van der Waals surface area contributed by atoms with Gasteiger partial charge in [-0.3, -0.25) is 0 Å². The fourth-order valence-corrected chi connectivity index (χ4v) is 2.23. The van der Waals surface area contributed by atoms with Gasteiger partial charge in [0.25, 0.3) is 0 Å². The predicted octanol–water partition coefficient (Wildman–Crippen LogP) is 2.89. The Morgan fingerprint density at radius 1 is 1.50 bits per heavy atom. The number of thiol groups is 1.